The molecule has 0 bridgehead atoms. The Morgan fingerprint density at radius 3 is 2.45 bits per heavy atom. The first-order valence-corrected chi connectivity index (χ1v) is 11.2. The molecule has 7 nitrogen and oxygen atoms in total. The summed E-state index contributed by atoms with van der Waals surface area (Å²) in [5, 5.41) is 2.76. The lowest BCUT2D eigenvalue weighted by Gasteiger charge is -2.31. The van der Waals surface area contributed by atoms with E-state index in [-0.39, 0.29) is 24.6 Å². The van der Waals surface area contributed by atoms with Gasteiger partial charge in [-0.05, 0) is 42.7 Å². The molecule has 3 fully saturated rings. The van der Waals surface area contributed by atoms with Crippen LogP contribution in [0.15, 0.2) is 48.7 Å². The molecule has 5 rings (SSSR count). The summed E-state index contributed by atoms with van der Waals surface area (Å²) in [6.45, 7) is 3.62. The Morgan fingerprint density at radius 1 is 1.00 bits per heavy atom. The summed E-state index contributed by atoms with van der Waals surface area (Å²) in [6.07, 6.45) is 6.73. The maximum atomic E-state index is 12.7. The van der Waals surface area contributed by atoms with Gasteiger partial charge in [0.2, 0.25) is 5.88 Å². The second kappa shape index (κ2) is 8.67. The summed E-state index contributed by atoms with van der Waals surface area (Å²) < 4.78 is 6.07. The molecular weight excluding hydrogens is 392 g/mol. The second-order valence-corrected chi connectivity index (χ2v) is 8.78. The molecule has 0 radical (unpaired) electrons. The summed E-state index contributed by atoms with van der Waals surface area (Å²) in [7, 11) is 0. The minimum atomic E-state index is -0.630. The second-order valence-electron chi connectivity index (χ2n) is 8.78. The number of benzene rings is 1. The van der Waals surface area contributed by atoms with Crippen LogP contribution in [0, 0.1) is 5.92 Å². The van der Waals surface area contributed by atoms with E-state index in [1.165, 1.54) is 24.3 Å². The summed E-state index contributed by atoms with van der Waals surface area (Å²) >= 11 is 0. The minimum absolute atomic E-state index is 0.195. The maximum Gasteiger partial charge on any atom is 0.325 e. The molecule has 3 aliphatic rings. The van der Waals surface area contributed by atoms with Gasteiger partial charge < -0.3 is 15.0 Å². The first-order valence-electron chi connectivity index (χ1n) is 11.2. The molecule has 7 heteroatoms. The Bertz CT molecular complexity index is 922. The number of hydrogen-bond acceptors (Lipinski definition) is 5. The topological polar surface area (TPSA) is 74.8 Å². The van der Waals surface area contributed by atoms with Crippen molar-refractivity contribution in [1.29, 1.82) is 0 Å². The van der Waals surface area contributed by atoms with E-state index in [4.69, 9.17) is 4.74 Å². The van der Waals surface area contributed by atoms with E-state index in [1.807, 2.05) is 42.5 Å². The highest BCUT2D eigenvalue weighted by molar-refractivity contribution is 6.04. The number of hydrogen-bond donors (Lipinski definition) is 1. The van der Waals surface area contributed by atoms with Gasteiger partial charge in [-0.25, -0.2) is 9.78 Å². The number of carbonyl (C=O) groups is 2. The molecular formula is C24H28N4O3. The van der Waals surface area contributed by atoms with Gasteiger partial charge in [-0.2, -0.15) is 0 Å². The third-order valence-electron chi connectivity index (χ3n) is 6.33. The van der Waals surface area contributed by atoms with E-state index in [9.17, 15) is 9.59 Å². The van der Waals surface area contributed by atoms with Gasteiger partial charge in [0.15, 0.2) is 0 Å². The molecule has 1 saturated carbocycles. The molecule has 1 atom stereocenters. The standard InChI is InChI=1S/C24H28N4O3/c29-23-22(19-4-2-1-3-5-19)26-24(30)28(23)16-18-8-9-21(25-14-18)31-20-10-12-27(13-11-20)15-17-6-7-17/h1-5,8-9,14,17,20,22H,6-7,10-13,15-16H2,(H,26,30)/t22-/m1/s1. The molecule has 1 aromatic heterocycles. The molecule has 0 unspecified atom stereocenters. The maximum absolute atomic E-state index is 12.7. The van der Waals surface area contributed by atoms with Gasteiger partial charge in [-0.3, -0.25) is 9.69 Å². The lowest BCUT2D eigenvalue weighted by atomic mass is 10.1. The fourth-order valence-corrected chi connectivity index (χ4v) is 4.34. The van der Waals surface area contributed by atoms with Gasteiger partial charge in [-0.1, -0.05) is 36.4 Å². The van der Waals surface area contributed by atoms with Gasteiger partial charge in [0.1, 0.15) is 12.1 Å². The zero-order valence-electron chi connectivity index (χ0n) is 17.6. The molecule has 162 valence electrons. The van der Waals surface area contributed by atoms with Gasteiger partial charge in [0.25, 0.3) is 5.91 Å². The van der Waals surface area contributed by atoms with Gasteiger partial charge in [0.05, 0.1) is 6.54 Å². The van der Waals surface area contributed by atoms with Crippen molar-refractivity contribution < 1.29 is 14.3 Å². The van der Waals surface area contributed by atoms with Crippen molar-refractivity contribution in [2.45, 2.75) is 44.4 Å². The number of aromatic nitrogens is 1. The molecule has 1 aliphatic carbocycles. The summed E-state index contributed by atoms with van der Waals surface area (Å²) in [6, 6.07) is 12.0. The van der Waals surface area contributed by atoms with Gasteiger partial charge >= 0.3 is 6.03 Å². The third-order valence-corrected chi connectivity index (χ3v) is 6.33. The van der Waals surface area contributed by atoms with Crippen molar-refractivity contribution in [2.75, 3.05) is 19.6 Å². The molecule has 3 amide bonds. The molecule has 1 aromatic carbocycles. The number of ether oxygens (including phenoxy) is 1. The van der Waals surface area contributed by atoms with Crippen LogP contribution in [0.3, 0.4) is 0 Å². The zero-order chi connectivity index (χ0) is 21.2. The number of pyridine rings is 1. The smallest absolute Gasteiger partial charge is 0.325 e. The van der Waals surface area contributed by atoms with Gasteiger partial charge in [-0.15, -0.1) is 0 Å². The lowest BCUT2D eigenvalue weighted by molar-refractivity contribution is -0.128. The third kappa shape index (κ3) is 4.71. The fraction of sp³-hybridized carbons (Fsp3) is 0.458. The number of amides is 3. The normalized spacial score (nSPS) is 22.6. The number of likely N-dealkylation sites (tertiary alicyclic amines) is 1. The average Bonchev–Trinajstić information content (AvgIpc) is 3.57. The van der Waals surface area contributed by atoms with E-state index < -0.39 is 6.04 Å². The van der Waals surface area contributed by atoms with Crippen LogP contribution in [0.2, 0.25) is 0 Å². The van der Waals surface area contributed by atoms with Crippen LogP contribution in [0.5, 0.6) is 5.88 Å². The van der Waals surface area contributed by atoms with E-state index in [0.29, 0.717) is 5.88 Å². The van der Waals surface area contributed by atoms with E-state index in [0.717, 1.165) is 43.0 Å². The van der Waals surface area contributed by atoms with Crippen LogP contribution in [0.4, 0.5) is 4.79 Å². The van der Waals surface area contributed by atoms with Crippen LogP contribution in [0.25, 0.3) is 0 Å². The van der Waals surface area contributed by atoms with Crippen LogP contribution in [0.1, 0.15) is 42.9 Å². The molecule has 1 N–H and O–H groups in total. The van der Waals surface area contributed by atoms with Crippen molar-refractivity contribution in [2.24, 2.45) is 5.92 Å². The Morgan fingerprint density at radius 2 is 1.77 bits per heavy atom. The first kappa shape index (κ1) is 20.0. The Labute approximate surface area is 182 Å². The van der Waals surface area contributed by atoms with Crippen molar-refractivity contribution in [3.63, 3.8) is 0 Å². The largest absolute Gasteiger partial charge is 0.474 e. The number of piperidine rings is 1. The highest BCUT2D eigenvalue weighted by atomic mass is 16.5. The molecule has 2 saturated heterocycles. The predicted molar refractivity (Wildman–Crippen MR) is 115 cm³/mol. The number of nitrogens with zero attached hydrogens (tertiary/aromatic N) is 3. The van der Waals surface area contributed by atoms with Crippen LogP contribution < -0.4 is 10.1 Å². The SMILES string of the molecule is O=C1N[C@H](c2ccccc2)C(=O)N1Cc1ccc(OC2CCN(CC3CC3)CC2)nc1. The van der Waals surface area contributed by atoms with Crippen molar-refractivity contribution >= 4 is 11.9 Å². The lowest BCUT2D eigenvalue weighted by Crippen LogP contribution is -2.39. The van der Waals surface area contributed by atoms with Crippen molar-refractivity contribution in [3.05, 3.63) is 59.8 Å². The van der Waals surface area contributed by atoms with E-state index >= 15 is 0 Å². The van der Waals surface area contributed by atoms with E-state index in [2.05, 4.69) is 15.2 Å². The Hall–Kier alpha value is -2.93. The van der Waals surface area contributed by atoms with Gasteiger partial charge in [0, 0.05) is 31.9 Å². The first-order chi connectivity index (χ1) is 15.2. The Kier molecular flexibility index (Phi) is 5.59. The summed E-state index contributed by atoms with van der Waals surface area (Å²) in [4.78, 5) is 33.3. The summed E-state index contributed by atoms with van der Waals surface area (Å²) in [5.74, 6) is 1.29. The van der Waals surface area contributed by atoms with Crippen LogP contribution in [-0.4, -0.2) is 52.5 Å². The highest BCUT2D eigenvalue weighted by Gasteiger charge is 2.38. The number of nitrogens with one attached hydrogen (secondary N) is 1. The van der Waals surface area contributed by atoms with Crippen LogP contribution in [-0.2, 0) is 11.3 Å². The fourth-order valence-electron chi connectivity index (χ4n) is 4.34. The Balaban J connectivity index is 1.14. The predicted octanol–water partition coefficient (Wildman–Crippen LogP) is 3.13. The summed E-state index contributed by atoms with van der Waals surface area (Å²) in [5.41, 5.74) is 1.58. The average molecular weight is 421 g/mol. The number of imide groups is 1. The van der Waals surface area contributed by atoms with Crippen LogP contribution >= 0.6 is 0 Å². The zero-order valence-corrected chi connectivity index (χ0v) is 17.6. The van der Waals surface area contributed by atoms with Crippen molar-refractivity contribution in [1.82, 2.24) is 20.1 Å². The molecule has 31 heavy (non-hydrogen) atoms. The minimum Gasteiger partial charge on any atom is -0.474 e. The number of rotatable bonds is 7. The molecule has 2 aliphatic heterocycles. The molecule has 2 aromatic rings. The van der Waals surface area contributed by atoms with Crippen molar-refractivity contribution in [3.8, 4) is 5.88 Å². The molecule has 0 spiro atoms. The van der Waals surface area contributed by atoms with E-state index in [1.54, 1.807) is 6.20 Å². The number of carbonyl (C=O) groups excluding carboxylic acids is 2. The molecule has 3 heterocycles. The number of urea groups is 1. The quantitative estimate of drug-likeness (QED) is 0.697. The monoisotopic (exact) mass is 420 g/mol. The highest BCUT2D eigenvalue weighted by Crippen LogP contribution is 2.31.